The van der Waals surface area contributed by atoms with E-state index in [1.165, 1.54) is 38.3 Å². The summed E-state index contributed by atoms with van der Waals surface area (Å²) in [5.74, 6) is 2.67. The summed E-state index contributed by atoms with van der Waals surface area (Å²) < 4.78 is 29.6. The van der Waals surface area contributed by atoms with Crippen molar-refractivity contribution in [2.75, 3.05) is 39.8 Å². The molecule has 0 unspecified atom stereocenters. The molecule has 1 N–H and O–H groups in total. The van der Waals surface area contributed by atoms with Gasteiger partial charge in [0.1, 0.15) is 0 Å². The Hall–Kier alpha value is -1.39. The third kappa shape index (κ3) is 7.05. The lowest BCUT2D eigenvalue weighted by molar-refractivity contribution is 0.157. The highest BCUT2D eigenvalue weighted by molar-refractivity contribution is 7.85. The van der Waals surface area contributed by atoms with Crippen LogP contribution in [-0.4, -0.2) is 62.5 Å². The predicted octanol–water partition coefficient (Wildman–Crippen LogP) is 1.50. The van der Waals surface area contributed by atoms with Gasteiger partial charge in [0, 0.05) is 39.1 Å². The lowest BCUT2D eigenvalue weighted by atomic mass is 10.2. The van der Waals surface area contributed by atoms with Crippen molar-refractivity contribution in [3.8, 4) is 12.3 Å². The number of nitrogens with zero attached hydrogens (tertiary/aromatic N) is 2. The minimum atomic E-state index is -4.02. The Bertz CT molecular complexity index is 583. The van der Waals surface area contributed by atoms with Crippen molar-refractivity contribution in [2.45, 2.75) is 18.2 Å². The summed E-state index contributed by atoms with van der Waals surface area (Å²) in [7, 11) is -1.85. The number of terminal acetylenes is 1. The largest absolute Gasteiger partial charge is 0.304 e. The molecule has 1 aromatic rings. The van der Waals surface area contributed by atoms with E-state index in [-0.39, 0.29) is 4.90 Å². The molecule has 0 aromatic heterocycles. The van der Waals surface area contributed by atoms with Crippen molar-refractivity contribution in [1.82, 2.24) is 9.80 Å². The average Bonchev–Trinajstić information content (AvgIpc) is 2.47. The van der Waals surface area contributed by atoms with E-state index in [9.17, 15) is 8.42 Å². The Labute approximate surface area is 133 Å². The maximum absolute atomic E-state index is 10.5. The molecule has 0 saturated carbocycles. The van der Waals surface area contributed by atoms with Gasteiger partial charge in [0.15, 0.2) is 0 Å². The molecular formula is C16H24N2O3S. The van der Waals surface area contributed by atoms with E-state index in [2.05, 4.69) is 22.8 Å². The number of likely N-dealkylation sites (N-methyl/N-ethyl adjacent to an activating group) is 1. The van der Waals surface area contributed by atoms with Gasteiger partial charge in [0.2, 0.25) is 0 Å². The van der Waals surface area contributed by atoms with Gasteiger partial charge in [-0.15, -0.1) is 12.3 Å². The maximum Gasteiger partial charge on any atom is 0.294 e. The molecule has 6 heteroatoms. The standard InChI is InChI=1S/C9H16N2.C7H8O3S/c1-3-4-5-11-8-6-10(2)7-9-11;1-6-2-4-7(5-3-6)11(8,9)10/h1H,4-9H2,2H3;2-5H,1H3,(H,8,9,10). The first-order valence-electron chi connectivity index (χ1n) is 7.21. The van der Waals surface area contributed by atoms with Gasteiger partial charge in [0.25, 0.3) is 10.1 Å². The summed E-state index contributed by atoms with van der Waals surface area (Å²) in [4.78, 5) is 4.72. The molecule has 0 bridgehead atoms. The van der Waals surface area contributed by atoms with Crippen LogP contribution in [0.1, 0.15) is 12.0 Å². The second kappa shape index (κ2) is 8.91. The number of aryl methyl sites for hydroxylation is 1. The Morgan fingerprint density at radius 2 is 1.73 bits per heavy atom. The highest BCUT2D eigenvalue weighted by Crippen LogP contribution is 2.08. The number of hydrogen-bond donors (Lipinski definition) is 1. The van der Waals surface area contributed by atoms with Crippen LogP contribution in [0.25, 0.3) is 0 Å². The SMILES string of the molecule is C#CCCN1CCN(C)CC1.Cc1ccc(S(=O)(=O)O)cc1. The van der Waals surface area contributed by atoms with Crippen molar-refractivity contribution in [3.63, 3.8) is 0 Å². The number of hydrogen-bond acceptors (Lipinski definition) is 4. The molecule has 22 heavy (non-hydrogen) atoms. The number of piperazine rings is 1. The van der Waals surface area contributed by atoms with Crippen LogP contribution in [0.2, 0.25) is 0 Å². The van der Waals surface area contributed by atoms with E-state index in [0.717, 1.165) is 18.5 Å². The van der Waals surface area contributed by atoms with Gasteiger partial charge in [-0.25, -0.2) is 0 Å². The lowest BCUT2D eigenvalue weighted by Gasteiger charge is -2.31. The quantitative estimate of drug-likeness (QED) is 0.674. The van der Waals surface area contributed by atoms with Gasteiger partial charge in [-0.05, 0) is 26.1 Å². The molecule has 1 aromatic carbocycles. The van der Waals surface area contributed by atoms with Crippen molar-refractivity contribution < 1.29 is 13.0 Å². The first-order valence-corrected chi connectivity index (χ1v) is 8.65. The molecule has 1 fully saturated rings. The highest BCUT2D eigenvalue weighted by Gasteiger charge is 2.11. The zero-order valence-corrected chi connectivity index (χ0v) is 14.0. The van der Waals surface area contributed by atoms with Crippen LogP contribution in [0.3, 0.4) is 0 Å². The second-order valence-electron chi connectivity index (χ2n) is 5.39. The van der Waals surface area contributed by atoms with Crippen LogP contribution >= 0.6 is 0 Å². The molecule has 2 rings (SSSR count). The van der Waals surface area contributed by atoms with Gasteiger partial charge in [-0.2, -0.15) is 8.42 Å². The molecule has 0 radical (unpaired) electrons. The predicted molar refractivity (Wildman–Crippen MR) is 88.4 cm³/mol. The normalized spacial score (nSPS) is 16.5. The van der Waals surface area contributed by atoms with E-state index in [1.54, 1.807) is 12.1 Å². The smallest absolute Gasteiger partial charge is 0.294 e. The molecule has 1 saturated heterocycles. The van der Waals surface area contributed by atoms with Crippen molar-refractivity contribution in [2.24, 2.45) is 0 Å². The van der Waals surface area contributed by atoms with Gasteiger partial charge in [-0.1, -0.05) is 17.7 Å². The van der Waals surface area contributed by atoms with E-state index < -0.39 is 10.1 Å². The first kappa shape index (κ1) is 18.7. The van der Waals surface area contributed by atoms with Gasteiger partial charge < -0.3 is 4.90 Å². The van der Waals surface area contributed by atoms with Gasteiger partial charge in [-0.3, -0.25) is 9.45 Å². The number of benzene rings is 1. The monoisotopic (exact) mass is 324 g/mol. The van der Waals surface area contributed by atoms with Crippen LogP contribution in [-0.2, 0) is 10.1 Å². The topological polar surface area (TPSA) is 60.9 Å². The Morgan fingerprint density at radius 1 is 1.18 bits per heavy atom. The molecule has 1 aliphatic heterocycles. The van der Waals surface area contributed by atoms with Crippen LogP contribution in [0.4, 0.5) is 0 Å². The van der Waals surface area contributed by atoms with Crippen molar-refractivity contribution in [3.05, 3.63) is 29.8 Å². The summed E-state index contributed by atoms with van der Waals surface area (Å²) >= 11 is 0. The second-order valence-corrected chi connectivity index (χ2v) is 6.81. The molecule has 5 nitrogen and oxygen atoms in total. The molecule has 0 atom stereocenters. The van der Waals surface area contributed by atoms with Crippen LogP contribution in [0.15, 0.2) is 29.2 Å². The third-order valence-electron chi connectivity index (χ3n) is 3.49. The molecule has 122 valence electrons. The third-order valence-corrected chi connectivity index (χ3v) is 4.35. The van der Waals surface area contributed by atoms with Gasteiger partial charge in [0.05, 0.1) is 4.90 Å². The van der Waals surface area contributed by atoms with E-state index >= 15 is 0 Å². The Kier molecular flexibility index (Phi) is 7.56. The molecular weight excluding hydrogens is 300 g/mol. The summed E-state index contributed by atoms with van der Waals surface area (Å²) in [6.07, 6.45) is 6.08. The van der Waals surface area contributed by atoms with E-state index in [1.807, 2.05) is 6.92 Å². The zero-order chi connectivity index (χ0) is 16.6. The minimum Gasteiger partial charge on any atom is -0.304 e. The molecule has 0 spiro atoms. The average molecular weight is 324 g/mol. The van der Waals surface area contributed by atoms with Gasteiger partial charge >= 0.3 is 0 Å². The molecule has 1 heterocycles. The van der Waals surface area contributed by atoms with Crippen LogP contribution in [0, 0.1) is 19.3 Å². The fourth-order valence-corrected chi connectivity index (χ4v) is 2.48. The fourth-order valence-electron chi connectivity index (χ4n) is 2.00. The van der Waals surface area contributed by atoms with Crippen LogP contribution in [0.5, 0.6) is 0 Å². The summed E-state index contributed by atoms with van der Waals surface area (Å²) in [6.45, 7) is 7.64. The highest BCUT2D eigenvalue weighted by atomic mass is 32.2. The molecule has 0 amide bonds. The summed E-state index contributed by atoms with van der Waals surface area (Å²) in [6, 6.07) is 5.99. The first-order chi connectivity index (χ1) is 10.3. The number of rotatable bonds is 3. The zero-order valence-electron chi connectivity index (χ0n) is 13.2. The molecule has 0 aliphatic carbocycles. The maximum atomic E-state index is 10.5. The minimum absolute atomic E-state index is 0.0666. The van der Waals surface area contributed by atoms with Crippen molar-refractivity contribution in [1.29, 1.82) is 0 Å². The van der Waals surface area contributed by atoms with Crippen molar-refractivity contribution >= 4 is 10.1 Å². The summed E-state index contributed by atoms with van der Waals surface area (Å²) in [5.41, 5.74) is 0.956. The Balaban J connectivity index is 0.000000220. The lowest BCUT2D eigenvalue weighted by Crippen LogP contribution is -2.44. The fraction of sp³-hybridized carbons (Fsp3) is 0.500. The summed E-state index contributed by atoms with van der Waals surface area (Å²) in [5, 5.41) is 0. The van der Waals surface area contributed by atoms with E-state index in [0.29, 0.717) is 0 Å². The van der Waals surface area contributed by atoms with E-state index in [4.69, 9.17) is 11.0 Å². The Morgan fingerprint density at radius 3 is 2.18 bits per heavy atom. The molecule has 1 aliphatic rings. The van der Waals surface area contributed by atoms with Crippen LogP contribution < -0.4 is 0 Å².